The lowest BCUT2D eigenvalue weighted by atomic mass is 9.73. The smallest absolute Gasteiger partial charge is 0.222 e. The molecule has 0 fully saturated rings. The highest BCUT2D eigenvalue weighted by molar-refractivity contribution is 5.62. The Hall–Kier alpha value is -3.81. The molecule has 6 nitrogen and oxygen atoms in total. The van der Waals surface area contributed by atoms with Crippen LogP contribution in [0.25, 0.3) is 22.6 Å². The summed E-state index contributed by atoms with van der Waals surface area (Å²) < 4.78 is 29.2. The lowest BCUT2D eigenvalue weighted by molar-refractivity contribution is 0.309. The van der Waals surface area contributed by atoms with Crippen molar-refractivity contribution < 1.29 is 13.9 Å². The summed E-state index contributed by atoms with van der Waals surface area (Å²) in [7, 11) is 0. The molecule has 0 saturated heterocycles. The second-order valence-electron chi connectivity index (χ2n) is 9.90. The van der Waals surface area contributed by atoms with Crippen LogP contribution in [-0.2, 0) is 0 Å². The fourth-order valence-corrected chi connectivity index (χ4v) is 4.65. The van der Waals surface area contributed by atoms with Gasteiger partial charge in [-0.2, -0.15) is 10.2 Å². The van der Waals surface area contributed by atoms with Crippen molar-refractivity contribution in [2.45, 2.75) is 52.9 Å². The van der Waals surface area contributed by atoms with Crippen LogP contribution in [0.5, 0.6) is 5.88 Å². The molecule has 0 bridgehead atoms. The summed E-state index contributed by atoms with van der Waals surface area (Å²) in [6, 6.07) is 10.7. The van der Waals surface area contributed by atoms with Crippen molar-refractivity contribution in [1.29, 1.82) is 0 Å². The van der Waals surface area contributed by atoms with Crippen LogP contribution in [0.2, 0.25) is 0 Å². The Bertz CT molecular complexity index is 1370. The maximum Gasteiger partial charge on any atom is 0.222 e. The van der Waals surface area contributed by atoms with E-state index in [-0.39, 0.29) is 34.4 Å². The third-order valence-corrected chi connectivity index (χ3v) is 6.46. The molecule has 2 atom stereocenters. The highest BCUT2D eigenvalue weighted by Crippen LogP contribution is 2.42. The van der Waals surface area contributed by atoms with Crippen LogP contribution in [0, 0.1) is 17.0 Å². The minimum Gasteiger partial charge on any atom is -0.493 e. The first kappa shape index (κ1) is 25.3. The van der Waals surface area contributed by atoms with Crippen LogP contribution in [0.4, 0.5) is 8.78 Å². The summed E-state index contributed by atoms with van der Waals surface area (Å²) in [6.45, 7) is 10.4. The quantitative estimate of drug-likeness (QED) is 0.326. The summed E-state index contributed by atoms with van der Waals surface area (Å²) in [5.41, 5.74) is 2.47. The molecule has 0 saturated carbocycles. The molecule has 0 amide bonds. The minimum atomic E-state index is -0.684. The molecule has 3 aromatic heterocycles. The van der Waals surface area contributed by atoms with Gasteiger partial charge in [0.1, 0.15) is 11.6 Å². The first-order valence-corrected chi connectivity index (χ1v) is 11.9. The van der Waals surface area contributed by atoms with Crippen LogP contribution in [0.15, 0.2) is 54.9 Å². The van der Waals surface area contributed by atoms with Gasteiger partial charge < -0.3 is 5.11 Å². The van der Waals surface area contributed by atoms with Crippen LogP contribution in [0.1, 0.15) is 69.8 Å². The normalized spacial score (nSPS) is 13.4. The van der Waals surface area contributed by atoms with Gasteiger partial charge >= 0.3 is 0 Å². The van der Waals surface area contributed by atoms with E-state index in [2.05, 4.69) is 52.8 Å². The standard InChI is InChI=1S/C28H29F2N5O/c1-6-19(28(3,4)5)18-15-23(24-20(29)10-7-11-21(24)30)34-35-25(18)16(2)22-12-14-31-26(33-22)17-9-8-13-32-27(17)36/h7-16,19H,6H2,1-5H3,(H,32,36). The van der Waals surface area contributed by atoms with Gasteiger partial charge in [0.15, 0.2) is 5.82 Å². The largest absolute Gasteiger partial charge is 0.493 e. The number of benzene rings is 1. The third kappa shape index (κ3) is 4.94. The van der Waals surface area contributed by atoms with Gasteiger partial charge in [0.2, 0.25) is 5.88 Å². The van der Waals surface area contributed by atoms with E-state index >= 15 is 0 Å². The first-order valence-electron chi connectivity index (χ1n) is 11.9. The van der Waals surface area contributed by atoms with E-state index in [1.54, 1.807) is 30.5 Å². The topological polar surface area (TPSA) is 84.7 Å². The average molecular weight is 490 g/mol. The van der Waals surface area contributed by atoms with Gasteiger partial charge in [-0.05, 0) is 59.7 Å². The van der Waals surface area contributed by atoms with Crippen molar-refractivity contribution in [3.05, 3.63) is 83.4 Å². The Balaban J connectivity index is 1.86. The highest BCUT2D eigenvalue weighted by Gasteiger charge is 2.31. The van der Waals surface area contributed by atoms with Gasteiger partial charge in [-0.3, -0.25) is 0 Å². The molecule has 8 heteroatoms. The highest BCUT2D eigenvalue weighted by atomic mass is 19.1. The zero-order valence-electron chi connectivity index (χ0n) is 21.0. The molecule has 186 valence electrons. The van der Waals surface area contributed by atoms with Crippen molar-refractivity contribution in [2.24, 2.45) is 5.41 Å². The van der Waals surface area contributed by atoms with Crippen molar-refractivity contribution in [2.75, 3.05) is 0 Å². The molecule has 4 rings (SSSR count). The molecule has 0 radical (unpaired) electrons. The lowest BCUT2D eigenvalue weighted by Crippen LogP contribution is -2.21. The van der Waals surface area contributed by atoms with Crippen molar-refractivity contribution in [3.8, 4) is 28.5 Å². The molecule has 0 spiro atoms. The van der Waals surface area contributed by atoms with E-state index in [9.17, 15) is 13.9 Å². The van der Waals surface area contributed by atoms with Gasteiger partial charge in [-0.15, -0.1) is 0 Å². The number of pyridine rings is 1. The van der Waals surface area contributed by atoms with Crippen molar-refractivity contribution >= 4 is 0 Å². The van der Waals surface area contributed by atoms with Crippen molar-refractivity contribution in [3.63, 3.8) is 0 Å². The summed E-state index contributed by atoms with van der Waals surface area (Å²) in [6.07, 6.45) is 3.91. The lowest BCUT2D eigenvalue weighted by Gasteiger charge is -2.32. The van der Waals surface area contributed by atoms with E-state index in [1.165, 1.54) is 24.4 Å². The zero-order chi connectivity index (χ0) is 26.0. The monoisotopic (exact) mass is 489 g/mol. The maximum atomic E-state index is 14.6. The molecule has 0 aliphatic carbocycles. The number of aromatic nitrogens is 5. The summed E-state index contributed by atoms with van der Waals surface area (Å²) in [5.74, 6) is -1.44. The van der Waals surface area contributed by atoms with Gasteiger partial charge in [-0.1, -0.05) is 40.7 Å². The van der Waals surface area contributed by atoms with Gasteiger partial charge in [0.05, 0.1) is 28.2 Å². The van der Waals surface area contributed by atoms with Gasteiger partial charge in [0, 0.05) is 18.3 Å². The van der Waals surface area contributed by atoms with Gasteiger partial charge in [-0.25, -0.2) is 23.7 Å². The molecule has 2 unspecified atom stereocenters. The van der Waals surface area contributed by atoms with E-state index in [0.29, 0.717) is 22.8 Å². The van der Waals surface area contributed by atoms with Crippen LogP contribution < -0.4 is 0 Å². The fourth-order valence-electron chi connectivity index (χ4n) is 4.65. The fraction of sp³-hybridized carbons (Fsp3) is 0.321. The molecular formula is C28H29F2N5O. The molecule has 3 heterocycles. The molecule has 36 heavy (non-hydrogen) atoms. The van der Waals surface area contributed by atoms with E-state index in [0.717, 1.165) is 12.0 Å². The Labute approximate surface area is 209 Å². The van der Waals surface area contributed by atoms with E-state index in [1.807, 2.05) is 6.92 Å². The van der Waals surface area contributed by atoms with Crippen LogP contribution >= 0.6 is 0 Å². The Morgan fingerprint density at radius 3 is 2.31 bits per heavy atom. The summed E-state index contributed by atoms with van der Waals surface area (Å²) in [5, 5.41) is 18.9. The van der Waals surface area contributed by atoms with Crippen molar-refractivity contribution in [1.82, 2.24) is 25.1 Å². The molecule has 0 aliphatic heterocycles. The Morgan fingerprint density at radius 2 is 1.67 bits per heavy atom. The molecule has 1 N–H and O–H groups in total. The number of aromatic hydroxyl groups is 1. The van der Waals surface area contributed by atoms with E-state index < -0.39 is 11.6 Å². The van der Waals surface area contributed by atoms with E-state index in [4.69, 9.17) is 0 Å². The minimum absolute atomic E-state index is 0.0442. The third-order valence-electron chi connectivity index (χ3n) is 6.46. The second-order valence-corrected chi connectivity index (χ2v) is 9.90. The second kappa shape index (κ2) is 10.0. The predicted molar refractivity (Wildman–Crippen MR) is 134 cm³/mol. The Kier molecular flexibility index (Phi) is 7.06. The molecule has 1 aromatic carbocycles. The number of rotatable bonds is 6. The first-order chi connectivity index (χ1) is 17.1. The number of hydrogen-bond donors (Lipinski definition) is 1. The summed E-state index contributed by atoms with van der Waals surface area (Å²) >= 11 is 0. The predicted octanol–water partition coefficient (Wildman–Crippen LogP) is 6.67. The number of halogens is 2. The maximum absolute atomic E-state index is 14.6. The SMILES string of the molecule is CCC(c1cc(-c2c(F)cccc2F)nnc1C(C)c1ccnc(-c2cccnc2O)n1)C(C)(C)C. The van der Waals surface area contributed by atoms with Crippen LogP contribution in [-0.4, -0.2) is 30.3 Å². The number of nitrogens with zero attached hydrogens (tertiary/aromatic N) is 5. The Morgan fingerprint density at radius 1 is 0.944 bits per heavy atom. The van der Waals surface area contributed by atoms with Gasteiger partial charge in [0.25, 0.3) is 0 Å². The summed E-state index contributed by atoms with van der Waals surface area (Å²) in [4.78, 5) is 12.9. The zero-order valence-corrected chi connectivity index (χ0v) is 21.0. The number of hydrogen-bond acceptors (Lipinski definition) is 6. The molecule has 0 aliphatic rings. The van der Waals surface area contributed by atoms with Crippen LogP contribution in [0.3, 0.4) is 0 Å². The molecular weight excluding hydrogens is 460 g/mol. The molecule has 4 aromatic rings. The average Bonchev–Trinajstić information content (AvgIpc) is 2.84.